The molecule has 1 aliphatic carbocycles. The molecule has 24 heavy (non-hydrogen) atoms. The topological polar surface area (TPSA) is 65.5 Å². The van der Waals surface area contributed by atoms with E-state index in [4.69, 9.17) is 4.99 Å². The zero-order valence-corrected chi connectivity index (χ0v) is 17.9. The molecule has 1 aromatic heterocycles. The second kappa shape index (κ2) is 10.2. The first kappa shape index (κ1) is 21.2. The van der Waals surface area contributed by atoms with Crippen LogP contribution in [0.4, 0.5) is 0 Å². The summed E-state index contributed by atoms with van der Waals surface area (Å²) in [7, 11) is 0. The smallest absolute Gasteiger partial charge is 0.223 e. The van der Waals surface area contributed by atoms with E-state index in [1.807, 2.05) is 0 Å². The summed E-state index contributed by atoms with van der Waals surface area (Å²) in [6.07, 6.45) is 2.09. The number of nitrogens with one attached hydrogen (secondary N) is 3. The summed E-state index contributed by atoms with van der Waals surface area (Å²) in [6, 6.07) is 4.24. The van der Waals surface area contributed by atoms with E-state index in [0.717, 1.165) is 31.9 Å². The molecule has 0 unspecified atom stereocenters. The fourth-order valence-corrected chi connectivity index (χ4v) is 3.06. The SMILES string of the molecule is CCNC(=NCC(C)(C)c1cccs1)NCCNC(=O)C1CC1.I. The molecule has 0 spiro atoms. The Morgan fingerprint density at radius 2 is 2.00 bits per heavy atom. The molecule has 5 nitrogen and oxygen atoms in total. The van der Waals surface area contributed by atoms with Gasteiger partial charge >= 0.3 is 0 Å². The molecule has 1 heterocycles. The monoisotopic (exact) mass is 464 g/mol. The molecule has 1 fully saturated rings. The largest absolute Gasteiger partial charge is 0.357 e. The highest BCUT2D eigenvalue weighted by Crippen LogP contribution is 2.28. The number of carbonyl (C=O) groups is 1. The van der Waals surface area contributed by atoms with Gasteiger partial charge in [0.25, 0.3) is 0 Å². The van der Waals surface area contributed by atoms with Crippen molar-refractivity contribution in [1.82, 2.24) is 16.0 Å². The lowest BCUT2D eigenvalue weighted by Gasteiger charge is -2.21. The van der Waals surface area contributed by atoms with Crippen molar-refractivity contribution in [3.8, 4) is 0 Å². The maximum Gasteiger partial charge on any atom is 0.223 e. The Labute approximate surface area is 166 Å². The molecule has 2 rings (SSSR count). The van der Waals surface area contributed by atoms with Gasteiger partial charge in [0.05, 0.1) is 6.54 Å². The molecule has 0 saturated heterocycles. The van der Waals surface area contributed by atoms with Crippen molar-refractivity contribution < 1.29 is 4.79 Å². The summed E-state index contributed by atoms with van der Waals surface area (Å²) in [5.41, 5.74) is 0.0245. The minimum Gasteiger partial charge on any atom is -0.357 e. The van der Waals surface area contributed by atoms with E-state index < -0.39 is 0 Å². The fourth-order valence-electron chi connectivity index (χ4n) is 2.22. The van der Waals surface area contributed by atoms with Gasteiger partial charge in [0.1, 0.15) is 0 Å². The van der Waals surface area contributed by atoms with Crippen LogP contribution in [-0.2, 0) is 10.2 Å². The van der Waals surface area contributed by atoms with E-state index in [1.54, 1.807) is 11.3 Å². The number of nitrogens with zero attached hydrogens (tertiary/aromatic N) is 1. The van der Waals surface area contributed by atoms with Gasteiger partial charge in [-0.2, -0.15) is 0 Å². The number of amides is 1. The Bertz CT molecular complexity index is 527. The number of hydrogen-bond acceptors (Lipinski definition) is 3. The summed E-state index contributed by atoms with van der Waals surface area (Å²) in [6.45, 7) is 9.33. The molecule has 1 amide bonds. The van der Waals surface area contributed by atoms with E-state index >= 15 is 0 Å². The predicted octanol–water partition coefficient (Wildman–Crippen LogP) is 2.73. The van der Waals surface area contributed by atoms with E-state index in [9.17, 15) is 4.79 Å². The number of thiophene rings is 1. The highest BCUT2D eigenvalue weighted by atomic mass is 127. The van der Waals surface area contributed by atoms with Crippen LogP contribution in [0.2, 0.25) is 0 Å². The van der Waals surface area contributed by atoms with Crippen LogP contribution in [0.1, 0.15) is 38.5 Å². The van der Waals surface area contributed by atoms with Crippen LogP contribution in [0.25, 0.3) is 0 Å². The van der Waals surface area contributed by atoms with Crippen molar-refractivity contribution in [3.63, 3.8) is 0 Å². The second-order valence-corrected chi connectivity index (χ2v) is 7.50. The number of halogens is 1. The number of carbonyl (C=O) groups excluding carboxylic acids is 1. The van der Waals surface area contributed by atoms with Crippen LogP contribution in [-0.4, -0.2) is 38.0 Å². The van der Waals surface area contributed by atoms with Crippen molar-refractivity contribution in [2.24, 2.45) is 10.9 Å². The third-order valence-electron chi connectivity index (χ3n) is 3.83. The third-order valence-corrected chi connectivity index (χ3v) is 5.07. The molecule has 1 saturated carbocycles. The van der Waals surface area contributed by atoms with Gasteiger partial charge in [0.15, 0.2) is 5.96 Å². The minimum atomic E-state index is 0. The van der Waals surface area contributed by atoms with Crippen molar-refractivity contribution in [1.29, 1.82) is 0 Å². The normalized spacial score (nSPS) is 14.7. The molecule has 0 bridgehead atoms. The van der Waals surface area contributed by atoms with Crippen LogP contribution < -0.4 is 16.0 Å². The van der Waals surface area contributed by atoms with Gasteiger partial charge in [-0.25, -0.2) is 0 Å². The van der Waals surface area contributed by atoms with Crippen LogP contribution >= 0.6 is 35.3 Å². The minimum absolute atomic E-state index is 0. The van der Waals surface area contributed by atoms with Gasteiger partial charge in [-0.05, 0) is 31.2 Å². The van der Waals surface area contributed by atoms with Gasteiger partial charge < -0.3 is 16.0 Å². The molecule has 0 aliphatic heterocycles. The van der Waals surface area contributed by atoms with E-state index in [-0.39, 0.29) is 41.2 Å². The average molecular weight is 464 g/mol. The van der Waals surface area contributed by atoms with Gasteiger partial charge in [-0.15, -0.1) is 35.3 Å². The predicted molar refractivity (Wildman–Crippen MR) is 112 cm³/mol. The lowest BCUT2D eigenvalue weighted by molar-refractivity contribution is -0.122. The lowest BCUT2D eigenvalue weighted by Crippen LogP contribution is -2.42. The zero-order chi connectivity index (χ0) is 16.7. The Balaban J connectivity index is 0.00000288. The first-order valence-corrected chi connectivity index (χ1v) is 9.25. The first-order valence-electron chi connectivity index (χ1n) is 8.37. The number of aliphatic imine (C=N–C) groups is 1. The average Bonchev–Trinajstić information content (AvgIpc) is 3.22. The van der Waals surface area contributed by atoms with Gasteiger partial charge in [0, 0.05) is 35.8 Å². The molecule has 1 aromatic rings. The molecule has 7 heteroatoms. The molecule has 1 aliphatic rings. The number of rotatable bonds is 8. The summed E-state index contributed by atoms with van der Waals surface area (Å²) in [4.78, 5) is 17.6. The summed E-state index contributed by atoms with van der Waals surface area (Å²) in [5, 5.41) is 11.6. The maximum atomic E-state index is 11.6. The van der Waals surface area contributed by atoms with E-state index in [0.29, 0.717) is 13.1 Å². The summed E-state index contributed by atoms with van der Waals surface area (Å²) >= 11 is 1.77. The molecule has 136 valence electrons. The summed E-state index contributed by atoms with van der Waals surface area (Å²) < 4.78 is 0. The Morgan fingerprint density at radius 1 is 1.29 bits per heavy atom. The fraction of sp³-hybridized carbons (Fsp3) is 0.647. The molecular weight excluding hydrogens is 435 g/mol. The molecule has 3 N–H and O–H groups in total. The Hall–Kier alpha value is -0.830. The van der Waals surface area contributed by atoms with Crippen molar-refractivity contribution >= 4 is 47.2 Å². The number of hydrogen-bond donors (Lipinski definition) is 3. The third kappa shape index (κ3) is 6.96. The maximum absolute atomic E-state index is 11.6. The van der Waals surface area contributed by atoms with Gasteiger partial charge in [0.2, 0.25) is 5.91 Å². The Kier molecular flexibility index (Phi) is 9.04. The number of guanidine groups is 1. The van der Waals surface area contributed by atoms with Crippen LogP contribution in [0.5, 0.6) is 0 Å². The van der Waals surface area contributed by atoms with E-state index in [1.165, 1.54) is 4.88 Å². The first-order chi connectivity index (χ1) is 11.0. The van der Waals surface area contributed by atoms with Gasteiger partial charge in [-0.3, -0.25) is 9.79 Å². The van der Waals surface area contributed by atoms with Crippen molar-refractivity contribution in [3.05, 3.63) is 22.4 Å². The molecule has 0 aromatic carbocycles. The second-order valence-electron chi connectivity index (χ2n) is 6.55. The lowest BCUT2D eigenvalue weighted by atomic mass is 9.92. The quantitative estimate of drug-likeness (QED) is 0.240. The Morgan fingerprint density at radius 3 is 2.58 bits per heavy atom. The van der Waals surface area contributed by atoms with Crippen LogP contribution in [0.3, 0.4) is 0 Å². The standard InChI is InChI=1S/C17H28N4OS.HI/c1-4-18-16(20-10-9-19-15(22)13-7-8-13)21-12-17(2,3)14-6-5-11-23-14;/h5-6,11,13H,4,7-10,12H2,1-3H3,(H,19,22)(H2,18,20,21);1H. The van der Waals surface area contributed by atoms with Crippen molar-refractivity contribution in [2.45, 2.75) is 39.0 Å². The van der Waals surface area contributed by atoms with Crippen molar-refractivity contribution in [2.75, 3.05) is 26.2 Å². The summed E-state index contributed by atoms with van der Waals surface area (Å²) in [5.74, 6) is 1.26. The molecule has 0 atom stereocenters. The highest BCUT2D eigenvalue weighted by Gasteiger charge is 2.29. The zero-order valence-electron chi connectivity index (χ0n) is 14.7. The van der Waals surface area contributed by atoms with Crippen LogP contribution in [0.15, 0.2) is 22.5 Å². The van der Waals surface area contributed by atoms with Gasteiger partial charge in [-0.1, -0.05) is 19.9 Å². The highest BCUT2D eigenvalue weighted by molar-refractivity contribution is 14.0. The van der Waals surface area contributed by atoms with Crippen LogP contribution in [0, 0.1) is 5.92 Å². The molecule has 0 radical (unpaired) electrons. The van der Waals surface area contributed by atoms with E-state index in [2.05, 4.69) is 54.2 Å². The molecular formula is C17H29IN4OS.